The second kappa shape index (κ2) is 27.2. The van der Waals surface area contributed by atoms with E-state index in [4.69, 9.17) is 48.7 Å². The molecule has 0 aromatic heterocycles. The first-order valence-corrected chi connectivity index (χ1v) is 25.4. The summed E-state index contributed by atoms with van der Waals surface area (Å²) >= 11 is 0. The average Bonchev–Trinajstić information content (AvgIpc) is 3.65. The second-order valence-corrected chi connectivity index (χ2v) is 18.9. The van der Waals surface area contributed by atoms with Gasteiger partial charge in [0, 0.05) is 88.8 Å². The third kappa shape index (κ3) is 13.8. The zero-order chi connectivity index (χ0) is 53.5. The first-order chi connectivity index (χ1) is 35.7. The molecule has 0 radical (unpaired) electrons. The van der Waals surface area contributed by atoms with Crippen LogP contribution in [0.3, 0.4) is 0 Å². The van der Waals surface area contributed by atoms with E-state index in [-0.39, 0.29) is 36.7 Å². The lowest BCUT2D eigenvalue weighted by Gasteiger charge is -2.32. The van der Waals surface area contributed by atoms with E-state index in [1.54, 1.807) is 56.9 Å². The quantitative estimate of drug-likeness (QED) is 0.110. The third-order valence-electron chi connectivity index (χ3n) is 14.3. The Hall–Kier alpha value is -6.47. The monoisotopic (exact) mass is 1030 g/mol. The number of benzene rings is 4. The Morgan fingerprint density at radius 3 is 1.55 bits per heavy atom. The lowest BCUT2D eigenvalue weighted by atomic mass is 9.93. The predicted octanol–water partition coefficient (Wildman–Crippen LogP) is 6.48. The van der Waals surface area contributed by atoms with Crippen LogP contribution in [0.1, 0.15) is 72.9 Å². The Morgan fingerprint density at radius 2 is 1.07 bits per heavy atom. The van der Waals surface area contributed by atoms with Gasteiger partial charge in [-0.15, -0.1) is 0 Å². The summed E-state index contributed by atoms with van der Waals surface area (Å²) in [6.07, 6.45) is 4.47. The van der Waals surface area contributed by atoms with E-state index in [0.29, 0.717) is 72.6 Å². The lowest BCUT2D eigenvalue weighted by molar-refractivity contribution is -0.137. The van der Waals surface area contributed by atoms with Crippen molar-refractivity contribution in [3.05, 3.63) is 70.8 Å². The number of aliphatic carboxylic acids is 1. The molecule has 404 valence electrons. The molecule has 4 aromatic carbocycles. The molecule has 4 aromatic rings. The number of carbonyl (C=O) groups excluding carboxylic acids is 2. The van der Waals surface area contributed by atoms with E-state index in [2.05, 4.69) is 34.1 Å². The summed E-state index contributed by atoms with van der Waals surface area (Å²) in [6, 6.07) is 15.5. The van der Waals surface area contributed by atoms with Crippen LogP contribution in [0.4, 0.5) is 0 Å². The maximum Gasteiger partial charge on any atom is 0.303 e. The lowest BCUT2D eigenvalue weighted by Crippen LogP contribution is -2.47. The number of nitrogens with one attached hydrogen (secondary N) is 1. The highest BCUT2D eigenvalue weighted by Crippen LogP contribution is 2.52. The molecular weight excluding hydrogens is 949 g/mol. The summed E-state index contributed by atoms with van der Waals surface area (Å²) in [5.41, 5.74) is 14.5. The first kappa shape index (κ1) is 56.8. The van der Waals surface area contributed by atoms with Gasteiger partial charge in [-0.25, -0.2) is 0 Å². The van der Waals surface area contributed by atoms with E-state index in [1.807, 2.05) is 53.4 Å². The summed E-state index contributed by atoms with van der Waals surface area (Å²) in [7, 11) is 17.1. The molecule has 0 spiro atoms. The normalized spacial score (nSPS) is 17.3. The van der Waals surface area contributed by atoms with Gasteiger partial charge in [-0.05, 0) is 123 Å². The van der Waals surface area contributed by atoms with Crippen LogP contribution in [0.25, 0.3) is 22.3 Å². The van der Waals surface area contributed by atoms with Crippen LogP contribution in [0.15, 0.2) is 48.5 Å². The molecule has 4 N–H and O–H groups in total. The van der Waals surface area contributed by atoms with Gasteiger partial charge in [-0.2, -0.15) is 0 Å². The molecule has 2 aliphatic heterocycles. The number of carbonyl (C=O) groups is 3. The van der Waals surface area contributed by atoms with Crippen molar-refractivity contribution >= 4 is 17.8 Å². The van der Waals surface area contributed by atoms with E-state index >= 15 is 0 Å². The number of rotatable bonds is 16. The van der Waals surface area contributed by atoms with Crippen molar-refractivity contribution in [1.29, 1.82) is 0 Å². The van der Waals surface area contributed by atoms with Crippen LogP contribution in [0.2, 0.25) is 0 Å². The molecule has 2 fully saturated rings. The molecule has 18 heteroatoms. The summed E-state index contributed by atoms with van der Waals surface area (Å²) < 4.78 is 44.7. The fraction of sp³-hybridized carbons (Fsp3) is 0.518. The van der Waals surface area contributed by atoms with Crippen molar-refractivity contribution < 1.29 is 57.4 Å². The van der Waals surface area contributed by atoms with Crippen molar-refractivity contribution in [1.82, 2.24) is 24.9 Å². The largest absolute Gasteiger partial charge is 0.497 e. The van der Waals surface area contributed by atoms with Crippen LogP contribution < -0.4 is 48.9 Å². The van der Waals surface area contributed by atoms with Crippen LogP contribution in [0, 0.1) is 0 Å². The average molecular weight is 1030 g/mol. The van der Waals surface area contributed by atoms with Crippen molar-refractivity contribution in [2.45, 2.75) is 63.5 Å². The zero-order valence-corrected chi connectivity index (χ0v) is 45.1. The Balaban J connectivity index is 0.000000205. The van der Waals surface area contributed by atoms with Gasteiger partial charge in [0.25, 0.3) is 0 Å². The van der Waals surface area contributed by atoms with Crippen molar-refractivity contribution in [2.75, 3.05) is 130 Å². The number of aryl methyl sites for hydroxylation is 2. The number of ether oxygens (including phenoxy) is 8. The van der Waals surface area contributed by atoms with Crippen LogP contribution in [-0.4, -0.2) is 172 Å². The molecule has 2 heterocycles. The number of methoxy groups -OCH3 is 8. The first-order valence-electron chi connectivity index (χ1n) is 25.4. The molecule has 74 heavy (non-hydrogen) atoms. The maximum atomic E-state index is 13.0. The molecule has 2 amide bonds. The van der Waals surface area contributed by atoms with Gasteiger partial charge in [0.15, 0.2) is 23.0 Å². The van der Waals surface area contributed by atoms with E-state index < -0.39 is 5.97 Å². The number of likely N-dealkylation sites (N-methyl/N-ethyl adjacent to an activating group) is 2. The highest BCUT2D eigenvalue weighted by atomic mass is 16.5. The van der Waals surface area contributed by atoms with Crippen molar-refractivity contribution in [2.24, 2.45) is 5.73 Å². The Kier molecular flexibility index (Phi) is 20.9. The summed E-state index contributed by atoms with van der Waals surface area (Å²) in [4.78, 5) is 44.6. The molecular formula is C56H78N6O12. The number of amides is 2. The Labute approximate surface area is 436 Å². The SMILES string of the molecule is CN1CCN(CCCC(=O)O)CC1.COc1ccc2c(c1)[C@@H](N)CCc1cc(OC)c(OC)c(OC)c1-2.COc1ccc2c(c1)[C@@H](NC(=O)CCC(=O)N1CCN(C)CC1)CCc1cc(OC)c(OC)c(OC)c1-2. The molecule has 4 aliphatic rings. The number of hydrogen-bond donors (Lipinski definition) is 3. The van der Waals surface area contributed by atoms with E-state index in [1.165, 1.54) is 0 Å². The highest BCUT2D eigenvalue weighted by molar-refractivity contribution is 5.87. The fourth-order valence-corrected chi connectivity index (χ4v) is 10.1. The molecule has 2 aliphatic carbocycles. The van der Waals surface area contributed by atoms with Crippen LogP contribution in [-0.2, 0) is 27.2 Å². The molecule has 2 atom stereocenters. The number of hydrogen-bond acceptors (Lipinski definition) is 15. The summed E-state index contributed by atoms with van der Waals surface area (Å²) in [5, 5.41) is 11.6. The van der Waals surface area contributed by atoms with Gasteiger partial charge in [0.1, 0.15) is 11.5 Å². The molecule has 2 saturated heterocycles. The van der Waals surface area contributed by atoms with E-state index in [0.717, 1.165) is 115 Å². The van der Waals surface area contributed by atoms with Gasteiger partial charge in [-0.3, -0.25) is 14.4 Å². The smallest absolute Gasteiger partial charge is 0.303 e. The number of carboxylic acid groups (broad SMARTS) is 1. The Bertz CT molecular complexity index is 2540. The number of fused-ring (bicyclic) bond motifs is 6. The van der Waals surface area contributed by atoms with Crippen molar-refractivity contribution in [3.8, 4) is 68.2 Å². The van der Waals surface area contributed by atoms with E-state index in [9.17, 15) is 14.4 Å². The minimum absolute atomic E-state index is 0.0301. The number of nitrogens with zero attached hydrogens (tertiary/aromatic N) is 4. The number of piperazine rings is 2. The van der Waals surface area contributed by atoms with Crippen LogP contribution in [0.5, 0.6) is 46.0 Å². The molecule has 0 bridgehead atoms. The minimum Gasteiger partial charge on any atom is -0.497 e. The number of carboxylic acids is 1. The Morgan fingerprint density at radius 1 is 0.581 bits per heavy atom. The summed E-state index contributed by atoms with van der Waals surface area (Å²) in [6.45, 7) is 8.43. The molecule has 8 rings (SSSR count). The zero-order valence-electron chi connectivity index (χ0n) is 45.1. The third-order valence-corrected chi connectivity index (χ3v) is 14.3. The van der Waals surface area contributed by atoms with Crippen molar-refractivity contribution in [3.63, 3.8) is 0 Å². The second-order valence-electron chi connectivity index (χ2n) is 18.9. The maximum absolute atomic E-state index is 13.0. The topological polar surface area (TPSA) is 196 Å². The van der Waals surface area contributed by atoms with Gasteiger partial charge >= 0.3 is 5.97 Å². The standard InChI is InChI=1S/C28H37N3O6.C19H23NO4.C9H18N2O2/c1-30-12-14-31(15-13-30)25(33)11-10-24(32)29-22-9-6-18-16-23(35-3)27(36-4)28(37-5)26(18)20-8-7-19(34-2)17-21(20)22;1-21-12-6-7-13-14(10-12)15(20)8-5-11-9-16(22-2)18(23-3)19(24-4)17(11)13;1-10-5-7-11(8-6-10)4-2-3-9(12)13/h7-8,16-17,22H,6,9-15H2,1-5H3,(H,29,32);6-7,9-10,15H,5,8,20H2,1-4H3;2-8H2,1H3,(H,12,13)/t22-;15-;/m00./s1. The minimum atomic E-state index is -0.686. The van der Waals surface area contributed by atoms with Gasteiger partial charge in [0.2, 0.25) is 23.3 Å². The molecule has 18 nitrogen and oxygen atoms in total. The predicted molar refractivity (Wildman–Crippen MR) is 285 cm³/mol. The molecule has 0 unspecified atom stereocenters. The van der Waals surface area contributed by atoms with Gasteiger partial charge in [0.05, 0.1) is 62.9 Å². The fourth-order valence-electron chi connectivity index (χ4n) is 10.1. The van der Waals surface area contributed by atoms with Crippen LogP contribution >= 0.6 is 0 Å². The number of nitrogens with two attached hydrogens (primary N) is 1. The molecule has 0 saturated carbocycles. The van der Waals surface area contributed by atoms with Gasteiger partial charge in [-0.1, -0.05) is 12.1 Å². The highest BCUT2D eigenvalue weighted by Gasteiger charge is 2.31. The van der Waals surface area contributed by atoms with Gasteiger partial charge < -0.3 is 73.7 Å². The summed E-state index contributed by atoms with van der Waals surface area (Å²) in [5.74, 6) is 4.34.